The van der Waals surface area contributed by atoms with E-state index in [-0.39, 0.29) is 0 Å². The van der Waals surface area contributed by atoms with Gasteiger partial charge in [0.2, 0.25) is 0 Å². The minimum atomic E-state index is 0.619. The van der Waals surface area contributed by atoms with Gasteiger partial charge >= 0.3 is 0 Å². The molecule has 3 aromatic heterocycles. The Kier molecular flexibility index (Phi) is 7.64. The van der Waals surface area contributed by atoms with Crippen LogP contribution in [0.1, 0.15) is 0 Å². The molecule has 0 atom stereocenters. The predicted molar refractivity (Wildman–Crippen MR) is 233 cm³/mol. The number of fused-ring (bicyclic) bond motifs is 6. The fraction of sp³-hybridized carbons (Fsp3) is 0. The Balaban J connectivity index is 1.13. The molecular weight excluding hydrogens is 703 g/mol. The van der Waals surface area contributed by atoms with Gasteiger partial charge in [-0.15, -0.1) is 11.3 Å². The van der Waals surface area contributed by atoms with E-state index in [0.717, 1.165) is 60.9 Å². The number of aromatic nitrogens is 3. The third kappa shape index (κ3) is 5.48. The van der Waals surface area contributed by atoms with Crippen LogP contribution in [0, 0.1) is 0 Å². The largest absolute Gasteiger partial charge is 0.455 e. The van der Waals surface area contributed by atoms with E-state index in [1.165, 1.54) is 31.3 Å². The van der Waals surface area contributed by atoms with Crippen LogP contribution in [0.4, 0.5) is 0 Å². The highest BCUT2D eigenvalue weighted by Gasteiger charge is 2.22. The molecule has 0 fully saturated rings. The lowest BCUT2D eigenvalue weighted by Gasteiger charge is -2.13. The topological polar surface area (TPSA) is 51.8 Å². The van der Waals surface area contributed by atoms with Crippen molar-refractivity contribution in [3.63, 3.8) is 0 Å². The Hall–Kier alpha value is -7.21. The smallest absolute Gasteiger partial charge is 0.164 e. The SMILES string of the molecule is c1ccc(-c2cc(-c3ccc(-c4cccc(-c5nc(-c6ccccc6)nc(-c6ccccc6)n5)c4)c4c3oc3ccccc34)c3c(c2)sc2ccccc23)cc1. The molecule has 0 bridgehead atoms. The summed E-state index contributed by atoms with van der Waals surface area (Å²) in [6.45, 7) is 0. The molecule has 11 rings (SSSR count). The van der Waals surface area contributed by atoms with Gasteiger partial charge in [-0.1, -0.05) is 152 Å². The molecular formula is C51H31N3OS. The van der Waals surface area contributed by atoms with Gasteiger partial charge in [-0.2, -0.15) is 0 Å². The van der Waals surface area contributed by atoms with Crippen molar-refractivity contribution < 1.29 is 4.42 Å². The van der Waals surface area contributed by atoms with Crippen LogP contribution in [0.2, 0.25) is 0 Å². The second kappa shape index (κ2) is 13.3. The first-order chi connectivity index (χ1) is 27.7. The average molecular weight is 734 g/mol. The summed E-state index contributed by atoms with van der Waals surface area (Å²) in [7, 11) is 0. The van der Waals surface area contributed by atoms with Gasteiger partial charge in [-0.05, 0) is 64.2 Å². The van der Waals surface area contributed by atoms with Gasteiger partial charge in [0.15, 0.2) is 17.5 Å². The van der Waals surface area contributed by atoms with E-state index < -0.39 is 0 Å². The maximum atomic E-state index is 6.90. The van der Waals surface area contributed by atoms with Crippen molar-refractivity contribution in [2.24, 2.45) is 0 Å². The Morgan fingerprint density at radius 2 is 0.893 bits per heavy atom. The average Bonchev–Trinajstić information content (AvgIpc) is 3.86. The quantitative estimate of drug-likeness (QED) is 0.171. The van der Waals surface area contributed by atoms with Crippen LogP contribution in [0.5, 0.6) is 0 Å². The fourth-order valence-electron chi connectivity index (χ4n) is 7.91. The van der Waals surface area contributed by atoms with E-state index in [1.807, 2.05) is 78.1 Å². The van der Waals surface area contributed by atoms with E-state index in [0.29, 0.717) is 17.5 Å². The standard InChI is InChI=1S/C51H31N3OS/c1-4-15-32(16-5-1)37-30-42(46-41-24-11-13-26-44(41)56-45(46)31-37)39-28-27-38(47-40-23-10-12-25-43(40)55-48(39)47)35-21-14-22-36(29-35)51-53-49(33-17-6-2-7-18-33)52-50(54-51)34-19-8-3-9-20-34/h1-31H. The molecule has 3 heterocycles. The van der Waals surface area contributed by atoms with Crippen LogP contribution < -0.4 is 0 Å². The van der Waals surface area contributed by atoms with Gasteiger partial charge in [-0.25, -0.2) is 15.0 Å². The molecule has 0 saturated carbocycles. The highest BCUT2D eigenvalue weighted by Crippen LogP contribution is 2.47. The summed E-state index contributed by atoms with van der Waals surface area (Å²) in [6, 6.07) is 65.6. The fourth-order valence-corrected chi connectivity index (χ4v) is 9.08. The van der Waals surface area contributed by atoms with Crippen molar-refractivity contribution in [1.82, 2.24) is 15.0 Å². The number of rotatable bonds is 6. The molecule has 0 aliphatic carbocycles. The van der Waals surface area contributed by atoms with E-state index in [1.54, 1.807) is 0 Å². The number of para-hydroxylation sites is 1. The maximum Gasteiger partial charge on any atom is 0.164 e. The highest BCUT2D eigenvalue weighted by molar-refractivity contribution is 7.26. The molecule has 0 amide bonds. The second-order valence-electron chi connectivity index (χ2n) is 13.9. The number of hydrogen-bond donors (Lipinski definition) is 0. The molecule has 5 heteroatoms. The second-order valence-corrected chi connectivity index (χ2v) is 15.0. The summed E-state index contributed by atoms with van der Waals surface area (Å²) in [4.78, 5) is 15.0. The van der Waals surface area contributed by atoms with Gasteiger partial charge in [0.1, 0.15) is 11.2 Å². The third-order valence-electron chi connectivity index (χ3n) is 10.5. The molecule has 11 aromatic rings. The van der Waals surface area contributed by atoms with Gasteiger partial charge in [0, 0.05) is 53.2 Å². The third-order valence-corrected chi connectivity index (χ3v) is 11.7. The predicted octanol–water partition coefficient (Wildman–Crippen LogP) is 14.1. The molecule has 0 unspecified atom stereocenters. The van der Waals surface area contributed by atoms with E-state index in [9.17, 15) is 0 Å². The summed E-state index contributed by atoms with van der Waals surface area (Å²) in [6.07, 6.45) is 0. The number of benzene rings is 8. The molecule has 56 heavy (non-hydrogen) atoms. The number of furan rings is 1. The first-order valence-electron chi connectivity index (χ1n) is 18.7. The highest BCUT2D eigenvalue weighted by atomic mass is 32.1. The lowest BCUT2D eigenvalue weighted by molar-refractivity contribution is 0.670. The lowest BCUT2D eigenvalue weighted by atomic mass is 9.90. The van der Waals surface area contributed by atoms with Crippen molar-refractivity contribution in [3.05, 3.63) is 188 Å². The Bertz CT molecular complexity index is 3180. The molecule has 0 radical (unpaired) electrons. The Morgan fingerprint density at radius 1 is 0.339 bits per heavy atom. The monoisotopic (exact) mass is 733 g/mol. The van der Waals surface area contributed by atoms with E-state index >= 15 is 0 Å². The number of nitrogens with zero attached hydrogens (tertiary/aromatic N) is 3. The van der Waals surface area contributed by atoms with Crippen molar-refractivity contribution in [1.29, 1.82) is 0 Å². The minimum absolute atomic E-state index is 0.619. The summed E-state index contributed by atoms with van der Waals surface area (Å²) < 4.78 is 9.42. The van der Waals surface area contributed by atoms with Crippen molar-refractivity contribution in [2.45, 2.75) is 0 Å². The van der Waals surface area contributed by atoms with Crippen LogP contribution in [-0.2, 0) is 0 Å². The lowest BCUT2D eigenvalue weighted by Crippen LogP contribution is -2.00. The zero-order valence-corrected chi connectivity index (χ0v) is 30.9. The van der Waals surface area contributed by atoms with Crippen LogP contribution >= 0.6 is 11.3 Å². The molecule has 0 N–H and O–H groups in total. The van der Waals surface area contributed by atoms with Gasteiger partial charge in [0.05, 0.1) is 0 Å². The summed E-state index contributed by atoms with van der Waals surface area (Å²) in [5, 5.41) is 4.66. The van der Waals surface area contributed by atoms with Crippen molar-refractivity contribution in [3.8, 4) is 67.5 Å². The molecule has 0 spiro atoms. The molecule has 0 aliphatic rings. The van der Waals surface area contributed by atoms with Crippen molar-refractivity contribution in [2.75, 3.05) is 0 Å². The Morgan fingerprint density at radius 3 is 1.61 bits per heavy atom. The van der Waals surface area contributed by atoms with Crippen molar-refractivity contribution >= 4 is 53.4 Å². The number of thiophene rings is 1. The number of hydrogen-bond acceptors (Lipinski definition) is 5. The van der Waals surface area contributed by atoms with E-state index in [2.05, 4.69) is 121 Å². The summed E-state index contributed by atoms with van der Waals surface area (Å²) in [5.41, 5.74) is 11.3. The van der Waals surface area contributed by atoms with Crippen LogP contribution in [0.25, 0.3) is 110 Å². The zero-order valence-electron chi connectivity index (χ0n) is 30.1. The van der Waals surface area contributed by atoms with Crippen LogP contribution in [-0.4, -0.2) is 15.0 Å². The Labute approximate surface area is 327 Å². The summed E-state index contributed by atoms with van der Waals surface area (Å²) >= 11 is 1.84. The molecule has 262 valence electrons. The molecule has 8 aromatic carbocycles. The van der Waals surface area contributed by atoms with E-state index in [4.69, 9.17) is 19.4 Å². The van der Waals surface area contributed by atoms with Gasteiger partial charge in [0.25, 0.3) is 0 Å². The first-order valence-corrected chi connectivity index (χ1v) is 19.5. The van der Waals surface area contributed by atoms with Gasteiger partial charge in [-0.3, -0.25) is 0 Å². The van der Waals surface area contributed by atoms with Gasteiger partial charge < -0.3 is 4.42 Å². The minimum Gasteiger partial charge on any atom is -0.455 e. The van der Waals surface area contributed by atoms with Crippen LogP contribution in [0.15, 0.2) is 192 Å². The molecule has 0 saturated heterocycles. The first kappa shape index (κ1) is 32.2. The normalized spacial score (nSPS) is 11.6. The zero-order chi connectivity index (χ0) is 37.0. The molecule has 0 aliphatic heterocycles. The molecule has 4 nitrogen and oxygen atoms in total. The summed E-state index contributed by atoms with van der Waals surface area (Å²) in [5.74, 6) is 1.89. The maximum absolute atomic E-state index is 6.90. The van der Waals surface area contributed by atoms with Crippen LogP contribution in [0.3, 0.4) is 0 Å².